The molecule has 2 saturated carbocycles. The van der Waals surface area contributed by atoms with E-state index in [1.54, 1.807) is 6.07 Å². The number of amides is 2. The number of aliphatic hydroxyl groups is 3. The van der Waals surface area contributed by atoms with Gasteiger partial charge >= 0.3 is 11.9 Å². The molecule has 2 amide bonds. The molecule has 3 aliphatic heterocycles. The average molecular weight is 627 g/mol. The van der Waals surface area contributed by atoms with Gasteiger partial charge in [0.25, 0.3) is 11.8 Å². The zero-order valence-electron chi connectivity index (χ0n) is 24.7. The average Bonchev–Trinajstić information content (AvgIpc) is 3.71. The Hall–Kier alpha value is -3.52. The van der Waals surface area contributed by atoms with Crippen molar-refractivity contribution in [2.75, 3.05) is 13.1 Å². The maximum absolute atomic E-state index is 13.5. The minimum atomic E-state index is -2.27. The van der Waals surface area contributed by atoms with Gasteiger partial charge in [-0.3, -0.25) is 19.4 Å². The molecule has 3 heterocycles. The van der Waals surface area contributed by atoms with Gasteiger partial charge in [0, 0.05) is 29.3 Å². The molecule has 0 radical (unpaired) electrons. The molecule has 45 heavy (non-hydrogen) atoms. The monoisotopic (exact) mass is 626 g/mol. The highest BCUT2D eigenvalue weighted by atomic mass is 16.5. The van der Waals surface area contributed by atoms with Crippen LogP contribution < -0.4 is 4.74 Å². The van der Waals surface area contributed by atoms with Gasteiger partial charge in [-0.15, -0.1) is 0 Å². The quantitative estimate of drug-likeness (QED) is 0.238. The topological polar surface area (TPSA) is 205 Å². The molecule has 2 bridgehead atoms. The van der Waals surface area contributed by atoms with Crippen LogP contribution in [0.4, 0.5) is 0 Å². The molecule has 4 aliphatic carbocycles. The van der Waals surface area contributed by atoms with Gasteiger partial charge in [-0.05, 0) is 88.3 Å². The highest BCUT2D eigenvalue weighted by Crippen LogP contribution is 2.66. The summed E-state index contributed by atoms with van der Waals surface area (Å²) in [6, 6.07) is 3.25. The second-order valence-electron chi connectivity index (χ2n) is 13.6. The number of phenolic OH excluding ortho intramolecular Hbond substituents is 1. The standard InChI is InChI=1S/C28H32N2O5.C4H6O6/c31-20-8-7-16-13-21-28(34)10-9-19(30-25(32)17-3-1-2-4-18(17)26(30)33)24-27(28,22(16)23(20)35-24)11-12-29(21)14-15-5-6-15;5-1(3(7)8)2(6)4(9)10/h7-8,15,19,21,24,31,34H,1-6,9-14H2;1-2,5-6H,(H,7,8)(H,9,10)/t19-,21-,24-,27+,28-;/m1./s1. The van der Waals surface area contributed by atoms with E-state index in [9.17, 15) is 29.4 Å². The molecular formula is C32H38N2O11. The Bertz CT molecular complexity index is 1470. The number of ether oxygens (including phenoxy) is 1. The normalized spacial score (nSPS) is 34.3. The summed E-state index contributed by atoms with van der Waals surface area (Å²) in [5, 5.41) is 56.0. The molecule has 242 valence electrons. The number of nitrogens with zero attached hydrogens (tertiary/aromatic N) is 2. The van der Waals surface area contributed by atoms with Gasteiger partial charge in [0.05, 0.1) is 17.1 Å². The van der Waals surface area contributed by atoms with Crippen molar-refractivity contribution in [2.45, 2.75) is 106 Å². The number of carboxylic acid groups (broad SMARTS) is 2. The number of carbonyl (C=O) groups excluding carboxylic acids is 2. The number of hydrogen-bond donors (Lipinski definition) is 6. The zero-order chi connectivity index (χ0) is 32.0. The Morgan fingerprint density at radius 1 is 0.956 bits per heavy atom. The number of hydrogen-bond acceptors (Lipinski definition) is 10. The Kier molecular flexibility index (Phi) is 7.04. The molecule has 1 saturated heterocycles. The van der Waals surface area contributed by atoms with Gasteiger partial charge < -0.3 is 35.4 Å². The van der Waals surface area contributed by atoms with Crippen LogP contribution in [-0.2, 0) is 31.0 Å². The molecule has 13 nitrogen and oxygen atoms in total. The number of piperidine rings is 1. The minimum Gasteiger partial charge on any atom is -0.504 e. The molecule has 1 aromatic carbocycles. The van der Waals surface area contributed by atoms with Crippen molar-refractivity contribution in [3.8, 4) is 11.5 Å². The number of aliphatic carboxylic acids is 2. The fourth-order valence-corrected chi connectivity index (χ4v) is 9.05. The zero-order valence-corrected chi connectivity index (χ0v) is 24.7. The Balaban J connectivity index is 0.000000284. The lowest BCUT2D eigenvalue weighted by Gasteiger charge is -2.64. The van der Waals surface area contributed by atoms with Crippen LogP contribution in [0.25, 0.3) is 0 Å². The van der Waals surface area contributed by atoms with Crippen LogP contribution in [0.15, 0.2) is 23.3 Å². The van der Waals surface area contributed by atoms with Crippen molar-refractivity contribution in [1.82, 2.24) is 9.80 Å². The van der Waals surface area contributed by atoms with Crippen molar-refractivity contribution in [3.63, 3.8) is 0 Å². The molecule has 2 unspecified atom stereocenters. The van der Waals surface area contributed by atoms with E-state index in [-0.39, 0.29) is 23.6 Å². The van der Waals surface area contributed by atoms with Gasteiger partial charge in [0.2, 0.25) is 0 Å². The van der Waals surface area contributed by atoms with Gasteiger partial charge in [-0.25, -0.2) is 9.59 Å². The summed E-state index contributed by atoms with van der Waals surface area (Å²) in [5.74, 6) is -2.57. The number of carbonyl (C=O) groups is 4. The molecule has 7 atom stereocenters. The Labute approximate surface area is 258 Å². The SMILES string of the molecule is O=C(O)C(O)C(O)C(=O)O.O=C1C2=C(CCCC2)C(=O)N1[C@@H]1CC[C@@]2(O)[C@H]3Cc4ccc(O)c5c4[C@@]2(CCN3CC2CC2)[C@@H]1O5. The molecule has 3 fully saturated rings. The van der Waals surface area contributed by atoms with E-state index in [0.29, 0.717) is 49.0 Å². The van der Waals surface area contributed by atoms with Crippen molar-refractivity contribution in [3.05, 3.63) is 34.4 Å². The summed E-state index contributed by atoms with van der Waals surface area (Å²) >= 11 is 0. The first-order valence-corrected chi connectivity index (χ1v) is 15.8. The maximum Gasteiger partial charge on any atom is 0.335 e. The van der Waals surface area contributed by atoms with Crippen LogP contribution in [-0.4, -0.2) is 113 Å². The van der Waals surface area contributed by atoms with Crippen LogP contribution in [0.2, 0.25) is 0 Å². The lowest BCUT2D eigenvalue weighted by Crippen LogP contribution is -2.78. The highest BCUT2D eigenvalue weighted by Gasteiger charge is 2.74. The fourth-order valence-electron chi connectivity index (χ4n) is 9.05. The summed E-state index contributed by atoms with van der Waals surface area (Å²) in [6.07, 6.45) is 3.21. The smallest absolute Gasteiger partial charge is 0.335 e. The number of rotatable bonds is 6. The fraction of sp³-hybridized carbons (Fsp3) is 0.625. The summed E-state index contributed by atoms with van der Waals surface area (Å²) in [4.78, 5) is 50.6. The van der Waals surface area contributed by atoms with Crippen LogP contribution in [0.1, 0.15) is 68.9 Å². The molecule has 6 N–H and O–H groups in total. The van der Waals surface area contributed by atoms with Crippen molar-refractivity contribution >= 4 is 23.8 Å². The largest absolute Gasteiger partial charge is 0.504 e. The molecule has 0 aromatic heterocycles. The molecule has 1 spiro atoms. The van der Waals surface area contributed by atoms with Crippen LogP contribution in [0.5, 0.6) is 11.5 Å². The van der Waals surface area contributed by atoms with Crippen molar-refractivity contribution < 1.29 is 54.6 Å². The van der Waals surface area contributed by atoms with Gasteiger partial charge in [0.15, 0.2) is 23.7 Å². The first kappa shape index (κ1) is 30.2. The van der Waals surface area contributed by atoms with Gasteiger partial charge in [0.1, 0.15) is 6.10 Å². The number of aliphatic hydroxyl groups excluding tert-OH is 2. The third-order valence-electron chi connectivity index (χ3n) is 11.3. The van der Waals surface area contributed by atoms with Gasteiger partial charge in [-0.1, -0.05) is 6.07 Å². The number of aromatic hydroxyl groups is 1. The molecule has 7 aliphatic rings. The number of benzene rings is 1. The summed E-state index contributed by atoms with van der Waals surface area (Å²) in [7, 11) is 0. The van der Waals surface area contributed by atoms with Crippen molar-refractivity contribution in [1.29, 1.82) is 0 Å². The van der Waals surface area contributed by atoms with E-state index in [4.69, 9.17) is 25.2 Å². The van der Waals surface area contributed by atoms with E-state index in [1.165, 1.54) is 17.7 Å². The molecule has 1 aromatic rings. The summed E-state index contributed by atoms with van der Waals surface area (Å²) in [5.41, 5.74) is 1.73. The van der Waals surface area contributed by atoms with Crippen LogP contribution >= 0.6 is 0 Å². The predicted octanol–water partition coefficient (Wildman–Crippen LogP) is 0.442. The molecule has 8 rings (SSSR count). The van der Waals surface area contributed by atoms with E-state index >= 15 is 0 Å². The van der Waals surface area contributed by atoms with Crippen molar-refractivity contribution in [2.24, 2.45) is 5.92 Å². The van der Waals surface area contributed by atoms with E-state index in [0.717, 1.165) is 49.4 Å². The highest BCUT2D eigenvalue weighted by molar-refractivity contribution is 6.19. The van der Waals surface area contributed by atoms with E-state index < -0.39 is 47.3 Å². The predicted molar refractivity (Wildman–Crippen MR) is 153 cm³/mol. The van der Waals surface area contributed by atoms with Gasteiger partial charge in [-0.2, -0.15) is 0 Å². The second-order valence-corrected chi connectivity index (χ2v) is 13.6. The molecule has 13 heteroatoms. The summed E-state index contributed by atoms with van der Waals surface area (Å²) in [6.45, 7) is 1.89. The number of likely N-dealkylation sites (tertiary alicyclic amines) is 1. The third-order valence-corrected chi connectivity index (χ3v) is 11.3. The molecular weight excluding hydrogens is 588 g/mol. The first-order chi connectivity index (χ1) is 21.4. The van der Waals surface area contributed by atoms with E-state index in [2.05, 4.69) is 4.90 Å². The Morgan fingerprint density at radius 2 is 1.58 bits per heavy atom. The third kappa shape index (κ3) is 4.27. The maximum atomic E-state index is 13.5. The van der Waals surface area contributed by atoms with Crippen LogP contribution in [0, 0.1) is 5.92 Å². The second kappa shape index (κ2) is 10.5. The first-order valence-electron chi connectivity index (χ1n) is 15.8. The number of carboxylic acids is 2. The van der Waals surface area contributed by atoms with E-state index in [1.807, 2.05) is 6.07 Å². The Morgan fingerprint density at radius 3 is 2.16 bits per heavy atom. The lowest BCUT2D eigenvalue weighted by molar-refractivity contribution is -0.201. The lowest BCUT2D eigenvalue weighted by atomic mass is 9.48. The number of phenols is 1. The van der Waals surface area contributed by atoms with Crippen LogP contribution in [0.3, 0.4) is 0 Å². The summed E-state index contributed by atoms with van der Waals surface area (Å²) < 4.78 is 6.59. The minimum absolute atomic E-state index is 0.0109. The number of imide groups is 1.